The minimum atomic E-state index is 0.203. The quantitative estimate of drug-likeness (QED) is 0.475. The summed E-state index contributed by atoms with van der Waals surface area (Å²) in [4.78, 5) is 23.9. The van der Waals surface area contributed by atoms with Crippen LogP contribution in [0.5, 0.6) is 6.01 Å². The van der Waals surface area contributed by atoms with Crippen molar-refractivity contribution in [1.82, 2.24) is 14.9 Å². The Balaban J connectivity index is 2.17. The first-order valence-electron chi connectivity index (χ1n) is 8.68. The van der Waals surface area contributed by atoms with Crippen LogP contribution in [-0.2, 0) is 22.6 Å². The molecule has 1 amide bonds. The van der Waals surface area contributed by atoms with E-state index in [0.29, 0.717) is 31.3 Å². The van der Waals surface area contributed by atoms with E-state index in [1.165, 1.54) is 10.5 Å². The van der Waals surface area contributed by atoms with Crippen molar-refractivity contribution >= 4 is 17.9 Å². The molecule has 0 spiro atoms. The van der Waals surface area contributed by atoms with Crippen LogP contribution in [0.2, 0.25) is 0 Å². The highest BCUT2D eigenvalue weighted by Crippen LogP contribution is 2.25. The highest BCUT2D eigenvalue weighted by molar-refractivity contribution is 5.80. The van der Waals surface area contributed by atoms with Crippen LogP contribution in [0, 0.1) is 0 Å². The fourth-order valence-corrected chi connectivity index (χ4v) is 2.51. The SMILES string of the molecule is CNc1cnc(OCCOC)nc1N(C=O)Cc1ccc(CN(C)C)cc1. The zero-order valence-corrected chi connectivity index (χ0v) is 16.3. The molecule has 1 aromatic carbocycles. The van der Waals surface area contributed by atoms with Gasteiger partial charge in [0, 0.05) is 20.7 Å². The van der Waals surface area contributed by atoms with Crippen LogP contribution in [0.15, 0.2) is 30.5 Å². The molecule has 0 unspecified atom stereocenters. The largest absolute Gasteiger partial charge is 0.461 e. The number of benzene rings is 1. The number of aromatic nitrogens is 2. The van der Waals surface area contributed by atoms with E-state index in [-0.39, 0.29) is 6.01 Å². The van der Waals surface area contributed by atoms with Gasteiger partial charge in [0.25, 0.3) is 0 Å². The van der Waals surface area contributed by atoms with Gasteiger partial charge in [-0.2, -0.15) is 4.98 Å². The van der Waals surface area contributed by atoms with Crippen molar-refractivity contribution in [2.45, 2.75) is 13.1 Å². The number of nitrogens with one attached hydrogen (secondary N) is 1. The van der Waals surface area contributed by atoms with Gasteiger partial charge in [0.2, 0.25) is 6.41 Å². The standard InChI is InChI=1S/C19H27N5O3/c1-20-17-11-21-19(27-10-9-26-4)22-18(17)24(14-25)13-16-7-5-15(6-8-16)12-23(2)3/h5-8,11,14,20H,9-10,12-13H2,1-4H3. The van der Waals surface area contributed by atoms with Crippen LogP contribution in [0.3, 0.4) is 0 Å². The maximum absolute atomic E-state index is 11.7. The van der Waals surface area contributed by atoms with Crippen LogP contribution in [0.4, 0.5) is 11.5 Å². The minimum Gasteiger partial charge on any atom is -0.461 e. The predicted octanol–water partition coefficient (Wildman–Crippen LogP) is 1.77. The number of methoxy groups -OCH3 is 1. The number of carbonyl (C=O) groups excluding carboxylic acids is 1. The fourth-order valence-electron chi connectivity index (χ4n) is 2.51. The van der Waals surface area contributed by atoms with Gasteiger partial charge in [0.05, 0.1) is 25.0 Å². The topological polar surface area (TPSA) is 79.8 Å². The first-order valence-corrected chi connectivity index (χ1v) is 8.68. The second kappa shape index (κ2) is 10.4. The van der Waals surface area contributed by atoms with Crippen LogP contribution >= 0.6 is 0 Å². The second-order valence-electron chi connectivity index (χ2n) is 6.27. The van der Waals surface area contributed by atoms with Crippen molar-refractivity contribution in [3.63, 3.8) is 0 Å². The summed E-state index contributed by atoms with van der Waals surface area (Å²) in [5.41, 5.74) is 2.87. The molecule has 0 atom stereocenters. The molecule has 0 aliphatic heterocycles. The third kappa shape index (κ3) is 6.19. The maximum Gasteiger partial charge on any atom is 0.318 e. The molecule has 1 N–H and O–H groups in total. The lowest BCUT2D eigenvalue weighted by Gasteiger charge is -2.20. The number of rotatable bonds is 11. The van der Waals surface area contributed by atoms with Crippen molar-refractivity contribution in [3.05, 3.63) is 41.6 Å². The van der Waals surface area contributed by atoms with Gasteiger partial charge in [-0.1, -0.05) is 24.3 Å². The lowest BCUT2D eigenvalue weighted by atomic mass is 10.1. The van der Waals surface area contributed by atoms with Gasteiger partial charge in [0.15, 0.2) is 5.82 Å². The predicted molar refractivity (Wildman–Crippen MR) is 105 cm³/mol. The second-order valence-corrected chi connectivity index (χ2v) is 6.27. The summed E-state index contributed by atoms with van der Waals surface area (Å²) in [6.07, 6.45) is 2.36. The summed E-state index contributed by atoms with van der Waals surface area (Å²) in [6, 6.07) is 8.37. The Hall–Kier alpha value is -2.71. The molecule has 0 fully saturated rings. The van der Waals surface area contributed by atoms with Gasteiger partial charge in [-0.05, 0) is 25.2 Å². The van der Waals surface area contributed by atoms with Gasteiger partial charge in [-0.15, -0.1) is 0 Å². The van der Waals surface area contributed by atoms with E-state index >= 15 is 0 Å². The Bertz CT molecular complexity index is 722. The van der Waals surface area contributed by atoms with E-state index < -0.39 is 0 Å². The van der Waals surface area contributed by atoms with Crippen molar-refractivity contribution in [2.24, 2.45) is 0 Å². The molecule has 0 saturated heterocycles. The number of nitrogens with zero attached hydrogens (tertiary/aromatic N) is 4. The van der Waals surface area contributed by atoms with E-state index in [0.717, 1.165) is 18.5 Å². The highest BCUT2D eigenvalue weighted by atomic mass is 16.5. The first-order chi connectivity index (χ1) is 13.1. The summed E-state index contributed by atoms with van der Waals surface area (Å²) in [5, 5.41) is 3.01. The first kappa shape index (κ1) is 20.6. The summed E-state index contributed by atoms with van der Waals surface area (Å²) in [6.45, 7) is 2.04. The normalized spacial score (nSPS) is 10.7. The smallest absolute Gasteiger partial charge is 0.318 e. The van der Waals surface area contributed by atoms with Gasteiger partial charge in [-0.25, -0.2) is 4.98 Å². The summed E-state index contributed by atoms with van der Waals surface area (Å²) in [5.74, 6) is 0.465. The number of anilines is 2. The minimum absolute atomic E-state index is 0.203. The molecule has 0 saturated carbocycles. The van der Waals surface area contributed by atoms with Crippen molar-refractivity contribution < 1.29 is 14.3 Å². The molecule has 8 heteroatoms. The van der Waals surface area contributed by atoms with Gasteiger partial charge in [0.1, 0.15) is 6.61 Å². The molecule has 27 heavy (non-hydrogen) atoms. The lowest BCUT2D eigenvalue weighted by molar-refractivity contribution is -0.107. The van der Waals surface area contributed by atoms with E-state index in [2.05, 4.69) is 32.3 Å². The van der Waals surface area contributed by atoms with Crippen LogP contribution < -0.4 is 15.0 Å². The number of hydrogen-bond acceptors (Lipinski definition) is 7. The Morgan fingerprint density at radius 3 is 2.33 bits per heavy atom. The molecule has 0 aliphatic rings. The van der Waals surface area contributed by atoms with E-state index in [9.17, 15) is 4.79 Å². The van der Waals surface area contributed by atoms with Crippen molar-refractivity contribution in [1.29, 1.82) is 0 Å². The fraction of sp³-hybridized carbons (Fsp3) is 0.421. The molecule has 2 aromatic rings. The molecule has 8 nitrogen and oxygen atoms in total. The molecule has 0 radical (unpaired) electrons. The zero-order chi connectivity index (χ0) is 19.6. The van der Waals surface area contributed by atoms with Crippen LogP contribution in [0.25, 0.3) is 0 Å². The summed E-state index contributed by atoms with van der Waals surface area (Å²) < 4.78 is 10.4. The van der Waals surface area contributed by atoms with Crippen molar-refractivity contribution in [2.75, 3.05) is 51.7 Å². The molecule has 1 aromatic heterocycles. The lowest BCUT2D eigenvalue weighted by Crippen LogP contribution is -2.23. The number of amides is 1. The monoisotopic (exact) mass is 373 g/mol. The molecular formula is C19H27N5O3. The molecule has 0 aliphatic carbocycles. The Morgan fingerprint density at radius 1 is 1.11 bits per heavy atom. The average Bonchev–Trinajstić information content (AvgIpc) is 2.67. The van der Waals surface area contributed by atoms with E-state index in [4.69, 9.17) is 9.47 Å². The Morgan fingerprint density at radius 2 is 1.78 bits per heavy atom. The summed E-state index contributed by atoms with van der Waals surface area (Å²) >= 11 is 0. The van der Waals surface area contributed by atoms with E-state index in [1.54, 1.807) is 20.4 Å². The summed E-state index contributed by atoms with van der Waals surface area (Å²) in [7, 11) is 7.41. The Labute approximate surface area is 160 Å². The highest BCUT2D eigenvalue weighted by Gasteiger charge is 2.15. The average molecular weight is 373 g/mol. The van der Waals surface area contributed by atoms with Crippen molar-refractivity contribution in [3.8, 4) is 6.01 Å². The molecular weight excluding hydrogens is 346 g/mol. The zero-order valence-electron chi connectivity index (χ0n) is 16.3. The maximum atomic E-state index is 11.7. The molecule has 0 bridgehead atoms. The molecule has 146 valence electrons. The molecule has 1 heterocycles. The van der Waals surface area contributed by atoms with Gasteiger partial charge >= 0.3 is 6.01 Å². The number of hydrogen-bond donors (Lipinski definition) is 1. The van der Waals surface area contributed by atoms with Crippen LogP contribution in [0.1, 0.15) is 11.1 Å². The van der Waals surface area contributed by atoms with Gasteiger partial charge < -0.3 is 19.7 Å². The van der Waals surface area contributed by atoms with Crippen LogP contribution in [-0.4, -0.2) is 62.7 Å². The van der Waals surface area contributed by atoms with E-state index in [1.807, 2.05) is 26.2 Å². The number of ether oxygens (including phenoxy) is 2. The third-order valence-corrected chi connectivity index (χ3v) is 3.81. The Kier molecular flexibility index (Phi) is 7.97. The molecule has 2 rings (SSSR count). The number of carbonyl (C=O) groups is 1. The third-order valence-electron chi connectivity index (χ3n) is 3.81. The van der Waals surface area contributed by atoms with Gasteiger partial charge in [-0.3, -0.25) is 9.69 Å².